The van der Waals surface area contributed by atoms with E-state index in [4.69, 9.17) is 19.7 Å². The Hall–Kier alpha value is -2.28. The van der Waals surface area contributed by atoms with Gasteiger partial charge >= 0.3 is 5.97 Å². The van der Waals surface area contributed by atoms with E-state index in [0.29, 0.717) is 11.5 Å². The van der Waals surface area contributed by atoms with Crippen LogP contribution in [0.3, 0.4) is 0 Å². The van der Waals surface area contributed by atoms with Crippen LogP contribution in [-0.4, -0.2) is 48.5 Å². The van der Waals surface area contributed by atoms with Crippen molar-refractivity contribution >= 4 is 11.9 Å². The molecule has 0 bridgehead atoms. The molecule has 110 valence electrons. The van der Waals surface area contributed by atoms with Crippen molar-refractivity contribution in [1.29, 1.82) is 0 Å². The van der Waals surface area contributed by atoms with E-state index in [2.05, 4.69) is 5.32 Å². The van der Waals surface area contributed by atoms with Gasteiger partial charge in [0.1, 0.15) is 0 Å². The number of nitrogens with one attached hydrogen (secondary N) is 1. The average Bonchev–Trinajstić information content (AvgIpc) is 2.42. The Bertz CT molecular complexity index is 488. The summed E-state index contributed by atoms with van der Waals surface area (Å²) in [5.41, 5.74) is 0.989. The Kier molecular flexibility index (Phi) is 5.79. The third-order valence-electron chi connectivity index (χ3n) is 2.46. The van der Waals surface area contributed by atoms with Crippen LogP contribution in [0.2, 0.25) is 0 Å². The van der Waals surface area contributed by atoms with Crippen LogP contribution in [0, 0.1) is 6.92 Å². The molecule has 20 heavy (non-hydrogen) atoms. The molecule has 7 heteroatoms. The van der Waals surface area contributed by atoms with Gasteiger partial charge in [-0.25, -0.2) is 4.79 Å². The number of hydrogen-bond donors (Lipinski definition) is 3. The molecule has 1 atom stereocenters. The molecular formula is C13H17NO6. The third kappa shape index (κ3) is 4.77. The molecular weight excluding hydrogens is 266 g/mol. The summed E-state index contributed by atoms with van der Waals surface area (Å²) in [4.78, 5) is 21.8. The molecule has 0 saturated carbocycles. The second kappa shape index (κ2) is 7.34. The first-order valence-corrected chi connectivity index (χ1v) is 5.89. The highest BCUT2D eigenvalue weighted by molar-refractivity contribution is 5.79. The maximum absolute atomic E-state index is 11.4. The van der Waals surface area contributed by atoms with Gasteiger partial charge in [0, 0.05) is 0 Å². The molecule has 3 N–H and O–H groups in total. The molecule has 0 saturated heterocycles. The molecule has 0 aliphatic rings. The zero-order valence-electron chi connectivity index (χ0n) is 11.3. The molecule has 1 aromatic carbocycles. The molecule has 7 nitrogen and oxygen atoms in total. The quantitative estimate of drug-likeness (QED) is 0.647. The largest absolute Gasteiger partial charge is 0.493 e. The van der Waals surface area contributed by atoms with E-state index in [1.54, 1.807) is 12.1 Å². The number of aliphatic hydroxyl groups excluding tert-OH is 1. The monoisotopic (exact) mass is 283 g/mol. The van der Waals surface area contributed by atoms with Crippen LogP contribution in [0.15, 0.2) is 18.2 Å². The van der Waals surface area contributed by atoms with Crippen molar-refractivity contribution in [3.8, 4) is 11.5 Å². The number of carboxylic acid groups (broad SMARTS) is 1. The van der Waals surface area contributed by atoms with E-state index in [9.17, 15) is 9.59 Å². The number of aliphatic hydroxyl groups is 1. The summed E-state index contributed by atoms with van der Waals surface area (Å²) >= 11 is 0. The Morgan fingerprint density at radius 2 is 2.05 bits per heavy atom. The summed E-state index contributed by atoms with van der Waals surface area (Å²) in [6.45, 7) is 1.22. The van der Waals surface area contributed by atoms with Crippen molar-refractivity contribution in [2.45, 2.75) is 13.0 Å². The minimum absolute atomic E-state index is 0.300. The number of aryl methyl sites for hydroxylation is 1. The Balaban J connectivity index is 2.47. The van der Waals surface area contributed by atoms with Gasteiger partial charge in [0.2, 0.25) is 0 Å². The molecule has 0 aromatic heterocycles. The number of carbonyl (C=O) groups is 2. The first kappa shape index (κ1) is 15.8. The van der Waals surface area contributed by atoms with Gasteiger partial charge in [0.15, 0.2) is 24.2 Å². The summed E-state index contributed by atoms with van der Waals surface area (Å²) in [5.74, 6) is -1.02. The predicted molar refractivity (Wildman–Crippen MR) is 69.9 cm³/mol. The summed E-state index contributed by atoms with van der Waals surface area (Å²) in [7, 11) is 1.49. The summed E-state index contributed by atoms with van der Waals surface area (Å²) in [5, 5.41) is 19.7. The number of carbonyl (C=O) groups excluding carboxylic acids is 1. The lowest BCUT2D eigenvalue weighted by Gasteiger charge is -2.12. The second-order valence-electron chi connectivity index (χ2n) is 4.10. The van der Waals surface area contributed by atoms with Crippen LogP contribution in [0.1, 0.15) is 5.56 Å². The van der Waals surface area contributed by atoms with Crippen molar-refractivity contribution in [2.75, 3.05) is 20.3 Å². The summed E-state index contributed by atoms with van der Waals surface area (Å²) in [6.07, 6.45) is -1.63. The number of aliphatic carboxylic acids is 1. The maximum Gasteiger partial charge on any atom is 0.334 e. The number of amides is 1. The highest BCUT2D eigenvalue weighted by atomic mass is 16.5. The smallest absolute Gasteiger partial charge is 0.334 e. The van der Waals surface area contributed by atoms with Crippen LogP contribution in [0.5, 0.6) is 11.5 Å². The van der Waals surface area contributed by atoms with Crippen LogP contribution < -0.4 is 14.8 Å². The molecule has 0 aliphatic carbocycles. The second-order valence-corrected chi connectivity index (χ2v) is 4.10. The fourth-order valence-electron chi connectivity index (χ4n) is 1.39. The standard InChI is InChI=1S/C13H17NO6/c1-8-3-4-10(11(5-8)19-2)20-7-12(16)14-6-9(15)13(17)18/h3-5,9,15H,6-7H2,1-2H3,(H,14,16)(H,17,18). The summed E-state index contributed by atoms with van der Waals surface area (Å²) in [6, 6.07) is 5.25. The first-order valence-electron chi connectivity index (χ1n) is 5.89. The number of rotatable bonds is 7. The van der Waals surface area contributed by atoms with Crippen molar-refractivity contribution in [3.05, 3.63) is 23.8 Å². The van der Waals surface area contributed by atoms with E-state index in [1.165, 1.54) is 7.11 Å². The Labute approximate surface area is 116 Å². The van der Waals surface area contributed by atoms with E-state index in [0.717, 1.165) is 5.56 Å². The van der Waals surface area contributed by atoms with Crippen molar-refractivity contribution in [1.82, 2.24) is 5.32 Å². The van der Waals surface area contributed by atoms with Gasteiger partial charge in [-0.15, -0.1) is 0 Å². The van der Waals surface area contributed by atoms with Gasteiger partial charge in [0.05, 0.1) is 13.7 Å². The fraction of sp³-hybridized carbons (Fsp3) is 0.385. The van der Waals surface area contributed by atoms with E-state index in [-0.39, 0.29) is 13.2 Å². The molecule has 1 rings (SSSR count). The van der Waals surface area contributed by atoms with Gasteiger partial charge in [0.25, 0.3) is 5.91 Å². The van der Waals surface area contributed by atoms with Gasteiger partial charge < -0.3 is 25.0 Å². The summed E-state index contributed by atoms with van der Waals surface area (Å²) < 4.78 is 10.4. The number of ether oxygens (including phenoxy) is 2. The van der Waals surface area contributed by atoms with Gasteiger partial charge in [-0.05, 0) is 24.6 Å². The van der Waals surface area contributed by atoms with E-state index in [1.807, 2.05) is 13.0 Å². The topological polar surface area (TPSA) is 105 Å². The predicted octanol–water partition coefficient (Wildman–Crippen LogP) is -0.0559. The third-order valence-corrected chi connectivity index (χ3v) is 2.46. The van der Waals surface area contributed by atoms with Gasteiger partial charge in [-0.3, -0.25) is 4.79 Å². The minimum Gasteiger partial charge on any atom is -0.493 e. The molecule has 1 aromatic rings. The van der Waals surface area contributed by atoms with Crippen LogP contribution in [-0.2, 0) is 9.59 Å². The molecule has 1 unspecified atom stereocenters. The molecule has 0 aliphatic heterocycles. The highest BCUT2D eigenvalue weighted by Gasteiger charge is 2.14. The zero-order valence-corrected chi connectivity index (χ0v) is 11.3. The minimum atomic E-state index is -1.63. The zero-order chi connectivity index (χ0) is 15.1. The van der Waals surface area contributed by atoms with Crippen molar-refractivity contribution in [3.63, 3.8) is 0 Å². The van der Waals surface area contributed by atoms with E-state index < -0.39 is 18.0 Å². The van der Waals surface area contributed by atoms with Crippen LogP contribution in [0.4, 0.5) is 0 Å². The maximum atomic E-state index is 11.4. The number of carboxylic acids is 1. The average molecular weight is 283 g/mol. The first-order chi connectivity index (χ1) is 9.43. The van der Waals surface area contributed by atoms with Gasteiger partial charge in [-0.2, -0.15) is 0 Å². The Morgan fingerprint density at radius 1 is 1.35 bits per heavy atom. The molecule has 0 radical (unpaired) electrons. The van der Waals surface area contributed by atoms with Crippen molar-refractivity contribution < 1.29 is 29.3 Å². The normalized spacial score (nSPS) is 11.6. The molecule has 0 spiro atoms. The van der Waals surface area contributed by atoms with Crippen LogP contribution in [0.25, 0.3) is 0 Å². The number of benzene rings is 1. The molecule has 1 amide bonds. The van der Waals surface area contributed by atoms with Gasteiger partial charge in [-0.1, -0.05) is 6.07 Å². The Morgan fingerprint density at radius 3 is 2.65 bits per heavy atom. The van der Waals surface area contributed by atoms with Crippen LogP contribution >= 0.6 is 0 Å². The molecule has 0 fully saturated rings. The number of methoxy groups -OCH3 is 1. The lowest BCUT2D eigenvalue weighted by Crippen LogP contribution is -2.38. The SMILES string of the molecule is COc1cc(C)ccc1OCC(=O)NCC(O)C(=O)O. The highest BCUT2D eigenvalue weighted by Crippen LogP contribution is 2.27. The molecule has 0 heterocycles. The number of hydrogen-bond acceptors (Lipinski definition) is 5. The van der Waals surface area contributed by atoms with E-state index >= 15 is 0 Å². The van der Waals surface area contributed by atoms with Crippen molar-refractivity contribution in [2.24, 2.45) is 0 Å². The fourth-order valence-corrected chi connectivity index (χ4v) is 1.39. The lowest BCUT2D eigenvalue weighted by atomic mass is 10.2. The lowest BCUT2D eigenvalue weighted by molar-refractivity contribution is -0.146.